The number of allylic oxidation sites excluding steroid dienone is 2. The zero-order valence-corrected chi connectivity index (χ0v) is 19.2. The number of rotatable bonds is 8. The van der Waals surface area contributed by atoms with E-state index in [-0.39, 0.29) is 0 Å². The number of nitrogens with zero attached hydrogens (tertiary/aromatic N) is 2. The minimum absolute atomic E-state index is 0.339. The predicted octanol–water partition coefficient (Wildman–Crippen LogP) is 3.93. The molecule has 3 rings (SSSR count). The fraction of sp³-hybridized carbons (Fsp3) is 0.542. The summed E-state index contributed by atoms with van der Waals surface area (Å²) in [5.41, 5.74) is 2.14. The zero-order valence-electron chi connectivity index (χ0n) is 19.2. The highest BCUT2D eigenvalue weighted by Gasteiger charge is 2.19. The summed E-state index contributed by atoms with van der Waals surface area (Å²) in [4.78, 5) is 14.9. The molecule has 1 aromatic rings. The van der Waals surface area contributed by atoms with Crippen molar-refractivity contribution in [2.24, 2.45) is 0 Å². The van der Waals surface area contributed by atoms with E-state index in [2.05, 4.69) is 57.0 Å². The van der Waals surface area contributed by atoms with Gasteiger partial charge in [0.15, 0.2) is 11.5 Å². The van der Waals surface area contributed by atoms with Crippen LogP contribution in [0.25, 0.3) is 0 Å². The van der Waals surface area contributed by atoms with E-state index < -0.39 is 0 Å². The summed E-state index contributed by atoms with van der Waals surface area (Å²) in [5, 5.41) is 3.31. The average Bonchev–Trinajstić information content (AvgIpc) is 3.22. The van der Waals surface area contributed by atoms with E-state index >= 15 is 0 Å². The minimum Gasteiger partial charge on any atom is -0.454 e. The average molecular weight is 416 g/mol. The van der Waals surface area contributed by atoms with Crippen molar-refractivity contribution in [1.29, 1.82) is 0 Å². The van der Waals surface area contributed by atoms with Crippen molar-refractivity contribution in [3.63, 3.8) is 0 Å². The zero-order chi connectivity index (χ0) is 22.1. The molecule has 1 N–H and O–H groups in total. The Bertz CT molecular complexity index is 745. The van der Waals surface area contributed by atoms with E-state index in [0.717, 1.165) is 42.7 Å². The molecule has 0 saturated heterocycles. The van der Waals surface area contributed by atoms with Gasteiger partial charge in [0.1, 0.15) is 6.29 Å². The highest BCUT2D eigenvalue weighted by Crippen LogP contribution is 2.33. The standard InChI is InChI=1S/C15H24N2O2.C9H13NO/c1-5-17(12(3)16-4)11(2)8-13-6-7-14-15(9-13)19-10-18-14;1-8(2)10-5-3-4-9(6-10)7-11/h6-7,9,11-12,16H,5,8,10H2,1-4H3;3,5-8H,4H2,1-2H3. The van der Waals surface area contributed by atoms with Crippen LogP contribution in [0.5, 0.6) is 11.5 Å². The van der Waals surface area contributed by atoms with E-state index in [1.165, 1.54) is 5.56 Å². The molecule has 0 saturated carbocycles. The summed E-state index contributed by atoms with van der Waals surface area (Å²) in [6.07, 6.45) is 9.00. The monoisotopic (exact) mass is 415 g/mol. The van der Waals surface area contributed by atoms with Crippen LogP contribution in [-0.4, -0.2) is 54.7 Å². The molecule has 2 unspecified atom stereocenters. The van der Waals surface area contributed by atoms with Crippen LogP contribution in [-0.2, 0) is 11.2 Å². The fourth-order valence-electron chi connectivity index (χ4n) is 3.66. The van der Waals surface area contributed by atoms with Crippen LogP contribution in [0, 0.1) is 0 Å². The molecule has 0 fully saturated rings. The largest absolute Gasteiger partial charge is 0.454 e. The molecule has 0 spiro atoms. The van der Waals surface area contributed by atoms with E-state index in [0.29, 0.717) is 25.0 Å². The maximum absolute atomic E-state index is 10.4. The van der Waals surface area contributed by atoms with Gasteiger partial charge in [-0.1, -0.05) is 19.1 Å². The summed E-state index contributed by atoms with van der Waals surface area (Å²) in [7, 11) is 2.00. The lowest BCUT2D eigenvalue weighted by Gasteiger charge is -2.33. The van der Waals surface area contributed by atoms with Gasteiger partial charge in [-0.05, 0) is 71.8 Å². The van der Waals surface area contributed by atoms with Crippen LogP contribution in [0.3, 0.4) is 0 Å². The van der Waals surface area contributed by atoms with E-state index in [1.54, 1.807) is 0 Å². The van der Waals surface area contributed by atoms with Crippen LogP contribution in [0.1, 0.15) is 46.6 Å². The molecule has 0 amide bonds. The van der Waals surface area contributed by atoms with Crippen molar-refractivity contribution >= 4 is 6.29 Å². The number of carbonyl (C=O) groups excluding carboxylic acids is 1. The van der Waals surface area contributed by atoms with Crippen LogP contribution in [0.2, 0.25) is 0 Å². The maximum atomic E-state index is 10.4. The molecule has 2 heterocycles. The van der Waals surface area contributed by atoms with Crippen molar-refractivity contribution < 1.29 is 14.3 Å². The van der Waals surface area contributed by atoms with Gasteiger partial charge in [0.05, 0.1) is 6.17 Å². The van der Waals surface area contributed by atoms with Crippen molar-refractivity contribution in [3.05, 3.63) is 47.8 Å². The Balaban J connectivity index is 0.000000248. The summed E-state index contributed by atoms with van der Waals surface area (Å²) >= 11 is 0. The molecular formula is C24H37N3O3. The first-order valence-corrected chi connectivity index (χ1v) is 10.8. The van der Waals surface area contributed by atoms with Gasteiger partial charge in [-0.3, -0.25) is 9.69 Å². The molecule has 2 aliphatic rings. The summed E-state index contributed by atoms with van der Waals surface area (Å²) in [5.74, 6) is 1.72. The summed E-state index contributed by atoms with van der Waals surface area (Å²) in [6.45, 7) is 12.2. The number of benzene rings is 1. The van der Waals surface area contributed by atoms with Gasteiger partial charge >= 0.3 is 0 Å². The smallest absolute Gasteiger partial charge is 0.231 e. The lowest BCUT2D eigenvalue weighted by molar-refractivity contribution is -0.105. The van der Waals surface area contributed by atoms with Gasteiger partial charge in [0.25, 0.3) is 0 Å². The van der Waals surface area contributed by atoms with Crippen LogP contribution in [0.4, 0.5) is 0 Å². The number of nitrogens with one attached hydrogen (secondary N) is 1. The van der Waals surface area contributed by atoms with E-state index in [1.807, 2.05) is 36.5 Å². The van der Waals surface area contributed by atoms with Crippen LogP contribution >= 0.6 is 0 Å². The molecular weight excluding hydrogens is 378 g/mol. The lowest BCUT2D eigenvalue weighted by Crippen LogP contribution is -2.47. The normalized spacial score (nSPS) is 16.8. The molecule has 2 aliphatic heterocycles. The molecule has 1 aromatic carbocycles. The first kappa shape index (κ1) is 24.0. The third kappa shape index (κ3) is 6.61. The molecule has 6 nitrogen and oxygen atoms in total. The Kier molecular flexibility index (Phi) is 9.40. The molecule has 166 valence electrons. The van der Waals surface area contributed by atoms with Crippen LogP contribution in [0.15, 0.2) is 42.2 Å². The number of likely N-dealkylation sites (N-methyl/N-ethyl adjacent to an activating group) is 1. The second-order valence-corrected chi connectivity index (χ2v) is 7.99. The molecule has 30 heavy (non-hydrogen) atoms. The highest BCUT2D eigenvalue weighted by atomic mass is 16.7. The number of carbonyl (C=O) groups is 1. The van der Waals surface area contributed by atoms with Crippen molar-refractivity contribution in [2.75, 3.05) is 20.4 Å². The van der Waals surface area contributed by atoms with Gasteiger partial charge in [-0.25, -0.2) is 0 Å². The number of ether oxygens (including phenoxy) is 2. The van der Waals surface area contributed by atoms with Gasteiger partial charge < -0.3 is 19.7 Å². The van der Waals surface area contributed by atoms with Crippen molar-refractivity contribution in [1.82, 2.24) is 15.1 Å². The summed E-state index contributed by atoms with van der Waals surface area (Å²) in [6, 6.07) is 7.13. The molecule has 0 bridgehead atoms. The van der Waals surface area contributed by atoms with Gasteiger partial charge in [-0.2, -0.15) is 0 Å². The van der Waals surface area contributed by atoms with Gasteiger partial charge in [0.2, 0.25) is 6.79 Å². The molecule has 2 atom stereocenters. The third-order valence-corrected chi connectivity index (χ3v) is 5.51. The first-order chi connectivity index (χ1) is 14.4. The summed E-state index contributed by atoms with van der Waals surface area (Å²) < 4.78 is 10.8. The van der Waals surface area contributed by atoms with Crippen molar-refractivity contribution in [2.45, 2.75) is 65.7 Å². The minimum atomic E-state index is 0.339. The van der Waals surface area contributed by atoms with E-state index in [4.69, 9.17) is 9.47 Å². The number of hydrogen-bond acceptors (Lipinski definition) is 6. The Hall–Kier alpha value is -2.31. The van der Waals surface area contributed by atoms with E-state index in [9.17, 15) is 4.79 Å². The Morgan fingerprint density at radius 1 is 1.20 bits per heavy atom. The van der Waals surface area contributed by atoms with Gasteiger partial charge in [-0.15, -0.1) is 0 Å². The number of fused-ring (bicyclic) bond motifs is 1. The quantitative estimate of drug-likeness (QED) is 0.513. The Labute approximate surface area is 181 Å². The second kappa shape index (κ2) is 11.8. The number of aldehydes is 1. The Morgan fingerprint density at radius 3 is 2.57 bits per heavy atom. The molecule has 0 radical (unpaired) electrons. The fourth-order valence-corrected chi connectivity index (χ4v) is 3.66. The second-order valence-electron chi connectivity index (χ2n) is 7.99. The Morgan fingerprint density at radius 2 is 1.93 bits per heavy atom. The van der Waals surface area contributed by atoms with Crippen molar-refractivity contribution in [3.8, 4) is 11.5 Å². The van der Waals surface area contributed by atoms with Gasteiger partial charge in [0, 0.05) is 30.1 Å². The lowest BCUT2D eigenvalue weighted by atomic mass is 10.0. The topological polar surface area (TPSA) is 54.0 Å². The SMILES string of the molecule is CC(C)N1C=CCC(C=O)=C1.CCN(C(C)Cc1ccc2c(c1)OCO2)C(C)NC. The molecule has 0 aromatic heterocycles. The predicted molar refractivity (Wildman–Crippen MR) is 122 cm³/mol. The highest BCUT2D eigenvalue weighted by molar-refractivity contribution is 5.73. The first-order valence-electron chi connectivity index (χ1n) is 10.8. The number of hydrogen-bond donors (Lipinski definition) is 1. The van der Waals surface area contributed by atoms with Crippen LogP contribution < -0.4 is 14.8 Å². The molecule has 6 heteroatoms. The maximum Gasteiger partial charge on any atom is 0.231 e. The third-order valence-electron chi connectivity index (χ3n) is 5.51. The molecule has 0 aliphatic carbocycles.